The second kappa shape index (κ2) is 6.77. The highest BCUT2D eigenvalue weighted by molar-refractivity contribution is 9.10. The summed E-state index contributed by atoms with van der Waals surface area (Å²) in [6.07, 6.45) is 0. The molecule has 0 saturated carbocycles. The van der Waals surface area contributed by atoms with Crippen molar-refractivity contribution in [2.24, 2.45) is 0 Å². The van der Waals surface area contributed by atoms with Gasteiger partial charge in [0.05, 0.1) is 4.88 Å². The first-order chi connectivity index (χ1) is 10.3. The molecule has 0 aliphatic heterocycles. The van der Waals surface area contributed by atoms with Gasteiger partial charge in [-0.15, -0.1) is 21.5 Å². The van der Waals surface area contributed by atoms with Crippen molar-refractivity contribution in [1.29, 1.82) is 0 Å². The van der Waals surface area contributed by atoms with E-state index in [0.717, 1.165) is 27.8 Å². The van der Waals surface area contributed by atoms with Crippen LogP contribution in [0.4, 0.5) is 0 Å². The van der Waals surface area contributed by atoms with Crippen LogP contribution >= 0.6 is 39.0 Å². The summed E-state index contributed by atoms with van der Waals surface area (Å²) in [5, 5.41) is 11.7. The van der Waals surface area contributed by atoms with Crippen LogP contribution < -0.4 is 0 Å². The number of benzene rings is 1. The lowest BCUT2D eigenvalue weighted by Gasteiger charge is -2.06. The third-order valence-electron chi connectivity index (χ3n) is 3.06. The number of hydrogen-bond donors (Lipinski definition) is 0. The third-order valence-corrected chi connectivity index (χ3v) is 5.49. The van der Waals surface area contributed by atoms with Gasteiger partial charge in [0.15, 0.2) is 11.0 Å². The highest BCUT2D eigenvalue weighted by Gasteiger charge is 2.13. The lowest BCUT2D eigenvalue weighted by atomic mass is 10.2. The zero-order valence-electron chi connectivity index (χ0n) is 11.5. The van der Waals surface area contributed by atoms with Crippen LogP contribution in [0.5, 0.6) is 0 Å². The van der Waals surface area contributed by atoms with E-state index < -0.39 is 0 Å². The van der Waals surface area contributed by atoms with Gasteiger partial charge >= 0.3 is 0 Å². The molecule has 0 bridgehead atoms. The van der Waals surface area contributed by atoms with Crippen LogP contribution in [0, 0.1) is 0 Å². The van der Waals surface area contributed by atoms with Gasteiger partial charge < -0.3 is 4.57 Å². The molecule has 21 heavy (non-hydrogen) atoms. The number of thioether (sulfide) groups is 1. The smallest absolute Gasteiger partial charge is 0.191 e. The van der Waals surface area contributed by atoms with Crippen LogP contribution in [-0.2, 0) is 12.3 Å². The molecule has 0 aliphatic rings. The molecule has 0 amide bonds. The number of hydrogen-bond acceptors (Lipinski definition) is 4. The predicted octanol–water partition coefficient (Wildman–Crippen LogP) is 5.08. The maximum Gasteiger partial charge on any atom is 0.191 e. The molecule has 0 saturated heterocycles. The Morgan fingerprint density at radius 2 is 2.00 bits per heavy atom. The molecule has 0 fully saturated rings. The maximum absolute atomic E-state index is 4.35. The number of thiophene rings is 1. The van der Waals surface area contributed by atoms with Crippen molar-refractivity contribution < 1.29 is 0 Å². The molecular weight excluding hydrogens is 366 g/mol. The minimum Gasteiger partial charge on any atom is -0.302 e. The summed E-state index contributed by atoms with van der Waals surface area (Å²) in [5.41, 5.74) is 1.28. The summed E-state index contributed by atoms with van der Waals surface area (Å²) >= 11 is 6.88. The van der Waals surface area contributed by atoms with Gasteiger partial charge in [0, 0.05) is 16.8 Å². The summed E-state index contributed by atoms with van der Waals surface area (Å²) < 4.78 is 3.28. The Kier molecular flexibility index (Phi) is 4.77. The minimum atomic E-state index is 0.878. The molecule has 2 aromatic heterocycles. The van der Waals surface area contributed by atoms with Gasteiger partial charge in [-0.3, -0.25) is 0 Å². The molecule has 108 valence electrons. The van der Waals surface area contributed by atoms with Crippen molar-refractivity contribution in [3.63, 3.8) is 0 Å². The van der Waals surface area contributed by atoms with E-state index in [2.05, 4.69) is 73.3 Å². The molecule has 2 heterocycles. The molecule has 3 aromatic rings. The van der Waals surface area contributed by atoms with Crippen molar-refractivity contribution in [2.45, 2.75) is 24.4 Å². The van der Waals surface area contributed by atoms with Crippen molar-refractivity contribution in [3.8, 4) is 10.7 Å². The highest BCUT2D eigenvalue weighted by Crippen LogP contribution is 2.28. The van der Waals surface area contributed by atoms with Gasteiger partial charge in [0.1, 0.15) is 0 Å². The molecule has 0 atom stereocenters. The Morgan fingerprint density at radius 3 is 2.67 bits per heavy atom. The van der Waals surface area contributed by atoms with E-state index in [1.807, 2.05) is 6.07 Å². The second-order valence-corrected chi connectivity index (χ2v) is 7.25. The van der Waals surface area contributed by atoms with Gasteiger partial charge in [-0.05, 0) is 36.1 Å². The lowest BCUT2D eigenvalue weighted by molar-refractivity contribution is 0.688. The molecule has 6 heteroatoms. The largest absolute Gasteiger partial charge is 0.302 e. The summed E-state index contributed by atoms with van der Waals surface area (Å²) in [4.78, 5) is 1.17. The zero-order chi connectivity index (χ0) is 14.7. The maximum atomic E-state index is 4.35. The molecule has 0 N–H and O–H groups in total. The van der Waals surface area contributed by atoms with E-state index >= 15 is 0 Å². The minimum absolute atomic E-state index is 0.878. The summed E-state index contributed by atoms with van der Waals surface area (Å²) in [6.45, 7) is 3.01. The second-order valence-electron chi connectivity index (χ2n) is 4.44. The number of aromatic nitrogens is 3. The fourth-order valence-corrected chi connectivity index (χ4v) is 3.94. The normalized spacial score (nSPS) is 11.0. The fourth-order valence-electron chi connectivity index (χ4n) is 2.00. The van der Waals surface area contributed by atoms with E-state index in [9.17, 15) is 0 Å². The first-order valence-electron chi connectivity index (χ1n) is 6.62. The Morgan fingerprint density at radius 1 is 1.19 bits per heavy atom. The average Bonchev–Trinajstić information content (AvgIpc) is 3.15. The molecule has 3 rings (SSSR count). The van der Waals surface area contributed by atoms with E-state index in [4.69, 9.17) is 0 Å². The van der Waals surface area contributed by atoms with Gasteiger partial charge in [0.25, 0.3) is 0 Å². The van der Waals surface area contributed by atoms with E-state index in [-0.39, 0.29) is 0 Å². The molecule has 0 unspecified atom stereocenters. The van der Waals surface area contributed by atoms with Gasteiger partial charge in [-0.1, -0.05) is 45.9 Å². The molecular formula is C15H14BrN3S2. The van der Waals surface area contributed by atoms with Crippen LogP contribution in [0.1, 0.15) is 12.5 Å². The van der Waals surface area contributed by atoms with Crippen molar-refractivity contribution in [3.05, 3.63) is 51.8 Å². The van der Waals surface area contributed by atoms with E-state index in [1.54, 1.807) is 23.1 Å². The Balaban J connectivity index is 1.78. The van der Waals surface area contributed by atoms with Crippen molar-refractivity contribution in [2.75, 3.05) is 0 Å². The SMILES string of the molecule is CCn1c(SCc2ccc(Br)cc2)nnc1-c1cccs1. The zero-order valence-corrected chi connectivity index (χ0v) is 14.7. The molecule has 0 spiro atoms. The highest BCUT2D eigenvalue weighted by atomic mass is 79.9. The van der Waals surface area contributed by atoms with Crippen molar-refractivity contribution in [1.82, 2.24) is 14.8 Å². The molecule has 0 aliphatic carbocycles. The predicted molar refractivity (Wildman–Crippen MR) is 92.7 cm³/mol. The molecule has 1 aromatic carbocycles. The number of nitrogens with zero attached hydrogens (tertiary/aromatic N) is 3. The van der Waals surface area contributed by atoms with Crippen LogP contribution in [0.2, 0.25) is 0 Å². The van der Waals surface area contributed by atoms with Gasteiger partial charge in [-0.2, -0.15) is 0 Å². The van der Waals surface area contributed by atoms with E-state index in [1.165, 1.54) is 10.4 Å². The van der Waals surface area contributed by atoms with Crippen LogP contribution in [0.15, 0.2) is 51.4 Å². The Labute approximate surface area is 140 Å². The first-order valence-corrected chi connectivity index (χ1v) is 9.28. The average molecular weight is 380 g/mol. The van der Waals surface area contributed by atoms with Crippen LogP contribution in [0.3, 0.4) is 0 Å². The Bertz CT molecular complexity index is 705. The van der Waals surface area contributed by atoms with Crippen molar-refractivity contribution >= 4 is 39.0 Å². The van der Waals surface area contributed by atoms with Gasteiger partial charge in [0.2, 0.25) is 0 Å². The van der Waals surface area contributed by atoms with Crippen LogP contribution in [0.25, 0.3) is 10.7 Å². The molecule has 3 nitrogen and oxygen atoms in total. The summed E-state index contributed by atoms with van der Waals surface area (Å²) in [6, 6.07) is 12.5. The Hall–Kier alpha value is -1.11. The number of rotatable bonds is 5. The topological polar surface area (TPSA) is 30.7 Å². The standard InChI is InChI=1S/C15H14BrN3S2/c1-2-19-14(13-4-3-9-20-13)17-18-15(19)21-10-11-5-7-12(16)8-6-11/h3-9H,2,10H2,1H3. The quantitative estimate of drug-likeness (QED) is 0.579. The van der Waals surface area contributed by atoms with E-state index in [0.29, 0.717) is 0 Å². The third kappa shape index (κ3) is 3.39. The summed E-state index contributed by atoms with van der Waals surface area (Å²) in [5.74, 6) is 1.86. The van der Waals surface area contributed by atoms with Gasteiger partial charge in [-0.25, -0.2) is 0 Å². The fraction of sp³-hybridized carbons (Fsp3) is 0.200. The molecule has 0 radical (unpaired) electrons. The van der Waals surface area contributed by atoms with Crippen LogP contribution in [-0.4, -0.2) is 14.8 Å². The number of halogens is 1. The lowest BCUT2D eigenvalue weighted by Crippen LogP contribution is -1.99. The summed E-state index contributed by atoms with van der Waals surface area (Å²) in [7, 11) is 0. The first kappa shape index (κ1) is 14.8. The monoisotopic (exact) mass is 379 g/mol.